The van der Waals surface area contributed by atoms with E-state index in [2.05, 4.69) is 24.7 Å². The minimum absolute atomic E-state index is 0.280. The van der Waals surface area contributed by atoms with Crippen molar-refractivity contribution in [1.82, 2.24) is 19.9 Å². The average Bonchev–Trinajstić information content (AvgIpc) is 2.69. The Morgan fingerprint density at radius 1 is 1.00 bits per heavy atom. The molecule has 26 heavy (non-hydrogen) atoms. The van der Waals surface area contributed by atoms with Crippen LogP contribution in [0.1, 0.15) is 5.56 Å². The van der Waals surface area contributed by atoms with Gasteiger partial charge in [-0.3, -0.25) is 9.88 Å². The largest absolute Gasteiger partial charge is 0.378 e. The Morgan fingerprint density at radius 3 is 2.58 bits per heavy atom. The van der Waals surface area contributed by atoms with E-state index in [1.165, 1.54) is 6.20 Å². The third kappa shape index (κ3) is 4.08. The second-order valence-corrected chi connectivity index (χ2v) is 6.59. The summed E-state index contributed by atoms with van der Waals surface area (Å²) in [5.41, 5.74) is 0.912. The lowest BCUT2D eigenvalue weighted by Gasteiger charge is -2.35. The Labute approximate surface area is 152 Å². The van der Waals surface area contributed by atoms with E-state index < -0.39 is 0 Å². The maximum absolute atomic E-state index is 13.3. The van der Waals surface area contributed by atoms with E-state index in [9.17, 15) is 4.39 Å². The van der Waals surface area contributed by atoms with Gasteiger partial charge in [-0.2, -0.15) is 4.98 Å². The molecule has 0 radical (unpaired) electrons. The van der Waals surface area contributed by atoms with E-state index in [0.717, 1.165) is 76.4 Å². The number of anilines is 2. The number of hydrogen-bond donors (Lipinski definition) is 0. The van der Waals surface area contributed by atoms with Crippen LogP contribution in [0.25, 0.3) is 0 Å². The highest BCUT2D eigenvalue weighted by molar-refractivity contribution is 5.44. The van der Waals surface area contributed by atoms with Crippen LogP contribution < -0.4 is 9.80 Å². The number of aromatic nitrogens is 3. The number of nitrogens with zero attached hydrogens (tertiary/aromatic N) is 6. The zero-order chi connectivity index (χ0) is 17.8. The third-order valence-electron chi connectivity index (χ3n) is 4.79. The summed E-state index contributed by atoms with van der Waals surface area (Å²) in [7, 11) is 0. The van der Waals surface area contributed by atoms with Crippen LogP contribution in [0.4, 0.5) is 16.2 Å². The number of ether oxygens (including phenoxy) is 1. The molecule has 8 heteroatoms. The first-order valence-electron chi connectivity index (χ1n) is 9.00. The molecule has 0 saturated carbocycles. The van der Waals surface area contributed by atoms with Crippen LogP contribution in [-0.4, -0.2) is 72.3 Å². The first-order valence-corrected chi connectivity index (χ1v) is 9.00. The standard InChI is InChI=1S/C18H23FN6O/c19-16-11-15(12-20-13-16)14-23-3-5-24(6-4-23)17-1-2-21-18(22-17)25-7-9-26-10-8-25/h1-2,11-13H,3-10,14H2. The molecule has 0 aliphatic carbocycles. The van der Waals surface area contributed by atoms with Gasteiger partial charge in [-0.25, -0.2) is 9.37 Å². The highest BCUT2D eigenvalue weighted by Gasteiger charge is 2.20. The van der Waals surface area contributed by atoms with Crippen LogP contribution in [0.15, 0.2) is 30.7 Å². The Morgan fingerprint density at radius 2 is 1.81 bits per heavy atom. The lowest BCUT2D eigenvalue weighted by molar-refractivity contribution is 0.122. The fourth-order valence-corrected chi connectivity index (χ4v) is 3.37. The molecule has 7 nitrogen and oxygen atoms in total. The van der Waals surface area contributed by atoms with Crippen molar-refractivity contribution in [1.29, 1.82) is 0 Å². The van der Waals surface area contributed by atoms with E-state index in [0.29, 0.717) is 0 Å². The molecule has 2 aliphatic heterocycles. The molecule has 2 aromatic heterocycles. The Kier molecular flexibility index (Phi) is 5.21. The summed E-state index contributed by atoms with van der Waals surface area (Å²) in [5, 5.41) is 0. The Balaban J connectivity index is 1.35. The third-order valence-corrected chi connectivity index (χ3v) is 4.79. The average molecular weight is 358 g/mol. The van der Waals surface area contributed by atoms with Crippen LogP contribution in [0, 0.1) is 5.82 Å². The van der Waals surface area contributed by atoms with Gasteiger partial charge in [0.25, 0.3) is 0 Å². The first-order chi connectivity index (χ1) is 12.8. The van der Waals surface area contributed by atoms with Crippen molar-refractivity contribution in [2.45, 2.75) is 6.54 Å². The maximum atomic E-state index is 13.3. The number of morpholine rings is 1. The second-order valence-electron chi connectivity index (χ2n) is 6.59. The van der Waals surface area contributed by atoms with Gasteiger partial charge in [0.05, 0.1) is 19.4 Å². The summed E-state index contributed by atoms with van der Waals surface area (Å²) in [6.07, 6.45) is 4.80. The van der Waals surface area contributed by atoms with Crippen molar-refractivity contribution in [2.24, 2.45) is 0 Å². The predicted octanol–water partition coefficient (Wildman–Crippen LogP) is 1.17. The molecule has 2 saturated heterocycles. The molecule has 4 rings (SSSR count). The number of halogens is 1. The normalized spacial score (nSPS) is 19.0. The fraction of sp³-hybridized carbons (Fsp3) is 0.500. The monoisotopic (exact) mass is 358 g/mol. The number of rotatable bonds is 4. The van der Waals surface area contributed by atoms with Crippen molar-refractivity contribution in [3.05, 3.63) is 42.1 Å². The maximum Gasteiger partial charge on any atom is 0.227 e. The number of hydrogen-bond acceptors (Lipinski definition) is 7. The van der Waals surface area contributed by atoms with Gasteiger partial charge in [-0.1, -0.05) is 0 Å². The number of piperazine rings is 1. The van der Waals surface area contributed by atoms with Gasteiger partial charge in [0.1, 0.15) is 11.6 Å². The molecule has 0 aromatic carbocycles. The minimum atomic E-state index is -0.280. The van der Waals surface area contributed by atoms with E-state index in [4.69, 9.17) is 9.72 Å². The molecule has 2 aromatic rings. The topological polar surface area (TPSA) is 57.6 Å². The van der Waals surface area contributed by atoms with Crippen molar-refractivity contribution in [2.75, 3.05) is 62.3 Å². The SMILES string of the molecule is Fc1cncc(CN2CCN(c3ccnc(N4CCOCC4)n3)CC2)c1. The quantitative estimate of drug-likeness (QED) is 0.813. The van der Waals surface area contributed by atoms with Gasteiger partial charge < -0.3 is 14.5 Å². The van der Waals surface area contributed by atoms with Crippen molar-refractivity contribution in [3.63, 3.8) is 0 Å². The van der Waals surface area contributed by atoms with Gasteiger partial charge in [0.15, 0.2) is 0 Å². The van der Waals surface area contributed by atoms with E-state index in [1.807, 2.05) is 12.3 Å². The minimum Gasteiger partial charge on any atom is -0.378 e. The molecule has 2 fully saturated rings. The predicted molar refractivity (Wildman–Crippen MR) is 96.7 cm³/mol. The molecule has 0 atom stereocenters. The molecule has 138 valence electrons. The van der Waals surface area contributed by atoms with Crippen molar-refractivity contribution < 1.29 is 9.13 Å². The smallest absolute Gasteiger partial charge is 0.227 e. The van der Waals surface area contributed by atoms with E-state index >= 15 is 0 Å². The summed E-state index contributed by atoms with van der Waals surface area (Å²) >= 11 is 0. The first kappa shape index (κ1) is 17.1. The molecule has 0 bridgehead atoms. The van der Waals surface area contributed by atoms with Crippen LogP contribution in [0.3, 0.4) is 0 Å². The van der Waals surface area contributed by atoms with Gasteiger partial charge >= 0.3 is 0 Å². The van der Waals surface area contributed by atoms with Crippen molar-refractivity contribution >= 4 is 11.8 Å². The summed E-state index contributed by atoms with van der Waals surface area (Å²) < 4.78 is 18.7. The van der Waals surface area contributed by atoms with Crippen molar-refractivity contribution in [3.8, 4) is 0 Å². The zero-order valence-electron chi connectivity index (χ0n) is 14.7. The summed E-state index contributed by atoms with van der Waals surface area (Å²) in [6.45, 7) is 7.44. The molecule has 0 N–H and O–H groups in total. The fourth-order valence-electron chi connectivity index (χ4n) is 3.37. The van der Waals surface area contributed by atoms with Crippen LogP contribution in [0.5, 0.6) is 0 Å². The molecule has 0 unspecified atom stereocenters. The van der Waals surface area contributed by atoms with Gasteiger partial charge in [0, 0.05) is 58.2 Å². The lowest BCUT2D eigenvalue weighted by atomic mass is 10.2. The summed E-state index contributed by atoms with van der Waals surface area (Å²) in [4.78, 5) is 19.9. The zero-order valence-corrected chi connectivity index (χ0v) is 14.7. The molecular weight excluding hydrogens is 335 g/mol. The van der Waals surface area contributed by atoms with Gasteiger partial charge in [0.2, 0.25) is 5.95 Å². The molecule has 2 aliphatic rings. The highest BCUT2D eigenvalue weighted by atomic mass is 19.1. The van der Waals surface area contributed by atoms with Gasteiger partial charge in [-0.15, -0.1) is 0 Å². The van der Waals surface area contributed by atoms with E-state index in [-0.39, 0.29) is 5.82 Å². The summed E-state index contributed by atoms with van der Waals surface area (Å²) in [6, 6.07) is 3.52. The molecule has 0 amide bonds. The van der Waals surface area contributed by atoms with Crippen LogP contribution in [-0.2, 0) is 11.3 Å². The molecule has 0 spiro atoms. The summed E-state index contributed by atoms with van der Waals surface area (Å²) in [5.74, 6) is 1.46. The molecule has 4 heterocycles. The van der Waals surface area contributed by atoms with E-state index in [1.54, 1.807) is 12.3 Å². The lowest BCUT2D eigenvalue weighted by Crippen LogP contribution is -2.46. The Bertz CT molecular complexity index is 731. The van der Waals surface area contributed by atoms with Gasteiger partial charge in [-0.05, 0) is 17.7 Å². The van der Waals surface area contributed by atoms with Crippen LogP contribution >= 0.6 is 0 Å². The number of pyridine rings is 1. The second kappa shape index (κ2) is 7.92. The molecular formula is C18H23FN6O. The Hall–Kier alpha value is -2.32. The van der Waals surface area contributed by atoms with Crippen LogP contribution in [0.2, 0.25) is 0 Å². The highest BCUT2D eigenvalue weighted by Crippen LogP contribution is 2.18.